The first-order valence-electron chi connectivity index (χ1n) is 9.12. The maximum Gasteiger partial charge on any atom is 0.244 e. The molecule has 0 bridgehead atoms. The molecule has 4 heteroatoms. The van der Waals surface area contributed by atoms with Crippen molar-refractivity contribution in [2.45, 2.75) is 19.3 Å². The molecule has 0 unspecified atom stereocenters. The average molecular weight is 339 g/mol. The quantitative estimate of drug-likeness (QED) is 0.599. The zero-order valence-corrected chi connectivity index (χ0v) is 14.9. The molecule has 0 atom stereocenters. The number of amides is 1. The first-order chi connectivity index (χ1) is 12.2. The van der Waals surface area contributed by atoms with Gasteiger partial charge >= 0.3 is 0 Å². The summed E-state index contributed by atoms with van der Waals surface area (Å²) in [5.41, 5.74) is 1.02. The van der Waals surface area contributed by atoms with E-state index in [1.807, 2.05) is 36.4 Å². The van der Waals surface area contributed by atoms with Crippen LogP contribution in [-0.2, 0) is 4.79 Å². The van der Waals surface area contributed by atoms with Gasteiger partial charge in [-0.3, -0.25) is 4.79 Å². The highest BCUT2D eigenvalue weighted by molar-refractivity contribution is 5.93. The van der Waals surface area contributed by atoms with Crippen molar-refractivity contribution in [2.75, 3.05) is 33.3 Å². The van der Waals surface area contributed by atoms with E-state index in [2.05, 4.69) is 11.4 Å². The van der Waals surface area contributed by atoms with E-state index in [9.17, 15) is 4.79 Å². The highest BCUT2D eigenvalue weighted by Gasteiger charge is 2.13. The van der Waals surface area contributed by atoms with Crippen molar-refractivity contribution in [2.24, 2.45) is 0 Å². The zero-order chi connectivity index (χ0) is 17.5. The third kappa shape index (κ3) is 5.07. The van der Waals surface area contributed by atoms with Gasteiger partial charge in [-0.2, -0.15) is 0 Å². The SMILES string of the molecule is COc1ccc2cc(/C=C/C(=O)NCCC[NH+]3CCCC3)ccc2c1. The Morgan fingerprint density at radius 3 is 2.72 bits per heavy atom. The summed E-state index contributed by atoms with van der Waals surface area (Å²) in [6, 6.07) is 12.1. The predicted molar refractivity (Wildman–Crippen MR) is 102 cm³/mol. The molecule has 0 aliphatic carbocycles. The molecule has 2 N–H and O–H groups in total. The number of rotatable bonds is 7. The van der Waals surface area contributed by atoms with Crippen LogP contribution in [0.15, 0.2) is 42.5 Å². The highest BCUT2D eigenvalue weighted by Crippen LogP contribution is 2.22. The number of likely N-dealkylation sites (tertiary alicyclic amines) is 1. The number of benzene rings is 2. The molecule has 3 rings (SSSR count). The van der Waals surface area contributed by atoms with E-state index >= 15 is 0 Å². The van der Waals surface area contributed by atoms with E-state index in [0.717, 1.165) is 41.6 Å². The molecule has 1 saturated heterocycles. The normalized spacial score (nSPS) is 15.1. The lowest BCUT2D eigenvalue weighted by molar-refractivity contribution is -0.887. The van der Waals surface area contributed by atoms with E-state index in [4.69, 9.17) is 4.74 Å². The molecular formula is C21H27N2O2+. The maximum atomic E-state index is 11.9. The number of methoxy groups -OCH3 is 1. The van der Waals surface area contributed by atoms with Crippen molar-refractivity contribution in [3.05, 3.63) is 48.0 Å². The fourth-order valence-corrected chi connectivity index (χ4v) is 3.38. The number of fused-ring (bicyclic) bond motifs is 1. The van der Waals surface area contributed by atoms with Crippen molar-refractivity contribution >= 4 is 22.8 Å². The van der Waals surface area contributed by atoms with Crippen LogP contribution in [0.5, 0.6) is 5.75 Å². The van der Waals surface area contributed by atoms with Gasteiger partial charge in [0, 0.05) is 31.9 Å². The lowest BCUT2D eigenvalue weighted by Gasteiger charge is -2.11. The molecule has 1 fully saturated rings. The van der Waals surface area contributed by atoms with E-state index < -0.39 is 0 Å². The Labute approximate surface area is 149 Å². The first-order valence-corrected chi connectivity index (χ1v) is 9.12. The van der Waals surface area contributed by atoms with Crippen LogP contribution >= 0.6 is 0 Å². The molecule has 1 aliphatic heterocycles. The Balaban J connectivity index is 1.48. The number of carbonyl (C=O) groups excluding carboxylic acids is 1. The van der Waals surface area contributed by atoms with Crippen LogP contribution in [0.3, 0.4) is 0 Å². The molecule has 0 spiro atoms. The summed E-state index contributed by atoms with van der Waals surface area (Å²) in [7, 11) is 1.67. The van der Waals surface area contributed by atoms with Crippen molar-refractivity contribution in [1.82, 2.24) is 5.32 Å². The molecule has 4 nitrogen and oxygen atoms in total. The molecule has 0 radical (unpaired) electrons. The smallest absolute Gasteiger partial charge is 0.244 e. The Morgan fingerprint density at radius 1 is 1.16 bits per heavy atom. The zero-order valence-electron chi connectivity index (χ0n) is 14.9. The van der Waals surface area contributed by atoms with Crippen LogP contribution in [0.4, 0.5) is 0 Å². The molecule has 2 aromatic carbocycles. The van der Waals surface area contributed by atoms with Crippen LogP contribution in [0, 0.1) is 0 Å². The second-order valence-corrected chi connectivity index (χ2v) is 6.66. The highest BCUT2D eigenvalue weighted by atomic mass is 16.5. The monoisotopic (exact) mass is 339 g/mol. The summed E-state index contributed by atoms with van der Waals surface area (Å²) in [5.74, 6) is 0.831. The Bertz CT molecular complexity index is 749. The van der Waals surface area contributed by atoms with Crippen LogP contribution < -0.4 is 15.0 Å². The number of quaternary nitrogens is 1. The fraction of sp³-hybridized carbons (Fsp3) is 0.381. The topological polar surface area (TPSA) is 42.8 Å². The lowest BCUT2D eigenvalue weighted by atomic mass is 10.1. The van der Waals surface area contributed by atoms with Crippen LogP contribution in [-0.4, -0.2) is 39.2 Å². The molecule has 0 saturated carbocycles. The second kappa shape index (κ2) is 8.67. The van der Waals surface area contributed by atoms with Gasteiger partial charge in [-0.05, 0) is 40.6 Å². The summed E-state index contributed by atoms with van der Waals surface area (Å²) in [4.78, 5) is 13.6. The molecule has 1 heterocycles. The number of hydrogen-bond acceptors (Lipinski definition) is 2. The summed E-state index contributed by atoms with van der Waals surface area (Å²) in [6.45, 7) is 4.51. The Morgan fingerprint density at radius 2 is 1.92 bits per heavy atom. The van der Waals surface area contributed by atoms with Gasteiger partial charge in [0.2, 0.25) is 5.91 Å². The summed E-state index contributed by atoms with van der Waals surface area (Å²) in [6.07, 6.45) is 7.23. The minimum absolute atomic E-state index is 0.0220. The largest absolute Gasteiger partial charge is 0.497 e. The third-order valence-corrected chi connectivity index (χ3v) is 4.82. The lowest BCUT2D eigenvalue weighted by Crippen LogP contribution is -3.10. The van der Waals surface area contributed by atoms with Gasteiger partial charge in [0.15, 0.2) is 0 Å². The van der Waals surface area contributed by atoms with Crippen LogP contribution in [0.2, 0.25) is 0 Å². The van der Waals surface area contributed by atoms with Gasteiger partial charge in [0.05, 0.1) is 26.7 Å². The van der Waals surface area contributed by atoms with E-state index in [1.165, 1.54) is 25.9 Å². The molecular weight excluding hydrogens is 312 g/mol. The van der Waals surface area contributed by atoms with Gasteiger partial charge in [0.1, 0.15) is 5.75 Å². The minimum atomic E-state index is -0.0220. The summed E-state index contributed by atoms with van der Waals surface area (Å²) in [5, 5.41) is 5.24. The van der Waals surface area contributed by atoms with Gasteiger partial charge in [-0.15, -0.1) is 0 Å². The number of nitrogens with one attached hydrogen (secondary N) is 2. The number of hydrogen-bond donors (Lipinski definition) is 2. The van der Waals surface area contributed by atoms with E-state index in [-0.39, 0.29) is 5.91 Å². The Kier molecular flexibility index (Phi) is 6.07. The van der Waals surface area contributed by atoms with Crippen LogP contribution in [0.25, 0.3) is 16.8 Å². The molecule has 132 valence electrons. The second-order valence-electron chi connectivity index (χ2n) is 6.66. The van der Waals surface area contributed by atoms with Gasteiger partial charge in [0.25, 0.3) is 0 Å². The molecule has 1 amide bonds. The fourth-order valence-electron chi connectivity index (χ4n) is 3.38. The molecule has 0 aromatic heterocycles. The molecule has 2 aromatic rings. The molecule has 25 heavy (non-hydrogen) atoms. The summed E-state index contributed by atoms with van der Waals surface area (Å²) >= 11 is 0. The number of ether oxygens (including phenoxy) is 1. The standard InChI is InChI=1S/C21H26N2O2/c1-25-20-9-8-18-15-17(5-7-19(18)16-20)6-10-21(24)22-11-4-14-23-12-2-3-13-23/h5-10,15-16H,2-4,11-14H2,1H3,(H,22,24)/p+1/b10-6+. The van der Waals surface area contributed by atoms with Crippen molar-refractivity contribution in [3.8, 4) is 5.75 Å². The maximum absolute atomic E-state index is 11.9. The van der Waals surface area contributed by atoms with Crippen molar-refractivity contribution in [1.29, 1.82) is 0 Å². The average Bonchev–Trinajstić information content (AvgIpc) is 3.16. The first kappa shape index (κ1) is 17.5. The van der Waals surface area contributed by atoms with Gasteiger partial charge in [-0.1, -0.05) is 18.2 Å². The summed E-state index contributed by atoms with van der Waals surface area (Å²) < 4.78 is 5.24. The third-order valence-electron chi connectivity index (χ3n) is 4.82. The van der Waals surface area contributed by atoms with Crippen LogP contribution in [0.1, 0.15) is 24.8 Å². The van der Waals surface area contributed by atoms with Gasteiger partial charge in [-0.25, -0.2) is 0 Å². The van der Waals surface area contributed by atoms with E-state index in [0.29, 0.717) is 0 Å². The van der Waals surface area contributed by atoms with Crippen molar-refractivity contribution in [3.63, 3.8) is 0 Å². The molecule has 1 aliphatic rings. The van der Waals surface area contributed by atoms with E-state index in [1.54, 1.807) is 18.1 Å². The van der Waals surface area contributed by atoms with Crippen molar-refractivity contribution < 1.29 is 14.4 Å². The number of carbonyl (C=O) groups is 1. The minimum Gasteiger partial charge on any atom is -0.497 e. The Hall–Kier alpha value is -2.33. The van der Waals surface area contributed by atoms with Gasteiger partial charge < -0.3 is 15.0 Å². The predicted octanol–water partition coefficient (Wildman–Crippen LogP) is 2.05.